The van der Waals surface area contributed by atoms with Crippen LogP contribution in [0.1, 0.15) is 28.8 Å². The molecule has 2 heterocycles. The van der Waals surface area contributed by atoms with Gasteiger partial charge in [0.05, 0.1) is 20.3 Å². The summed E-state index contributed by atoms with van der Waals surface area (Å²) in [5.74, 6) is -0.403. The third-order valence-electron chi connectivity index (χ3n) is 5.69. The smallest absolute Gasteiger partial charge is 0.166 e. The largest absolute Gasteiger partial charge is 0.494 e. The van der Waals surface area contributed by atoms with Crippen molar-refractivity contribution in [3.63, 3.8) is 0 Å². The summed E-state index contributed by atoms with van der Waals surface area (Å²) in [5.41, 5.74) is 1.70. The minimum absolute atomic E-state index is 0.0211. The fourth-order valence-corrected chi connectivity index (χ4v) is 4.31. The van der Waals surface area contributed by atoms with Gasteiger partial charge >= 0.3 is 0 Å². The van der Waals surface area contributed by atoms with Gasteiger partial charge in [-0.25, -0.2) is 4.39 Å². The van der Waals surface area contributed by atoms with Gasteiger partial charge < -0.3 is 9.47 Å². The van der Waals surface area contributed by atoms with Crippen molar-refractivity contribution in [3.05, 3.63) is 65.5 Å². The van der Waals surface area contributed by atoms with Crippen LogP contribution in [0.3, 0.4) is 0 Å². The standard InChI is InChI=1S/C22H24FNO3/c1-26-21-8-7-16(11-20(21)23)22(25)17-9-18-13-27-14-19(10-17)24(18)12-15-5-3-2-4-6-15/h2-8,11,17-19H,9-10,12-14H2,1H3. The lowest BCUT2D eigenvalue weighted by Gasteiger charge is -2.48. The zero-order valence-electron chi connectivity index (χ0n) is 15.4. The molecule has 2 bridgehead atoms. The van der Waals surface area contributed by atoms with Gasteiger partial charge in [0.15, 0.2) is 17.3 Å². The van der Waals surface area contributed by atoms with E-state index in [1.807, 2.05) is 6.07 Å². The molecular formula is C22H24FNO3. The van der Waals surface area contributed by atoms with Crippen molar-refractivity contribution in [2.24, 2.45) is 5.92 Å². The first-order valence-corrected chi connectivity index (χ1v) is 9.41. The molecule has 2 fully saturated rings. The van der Waals surface area contributed by atoms with E-state index >= 15 is 0 Å². The maximum atomic E-state index is 14.0. The number of halogens is 1. The molecule has 0 N–H and O–H groups in total. The maximum Gasteiger partial charge on any atom is 0.166 e. The lowest BCUT2D eigenvalue weighted by atomic mass is 9.80. The SMILES string of the molecule is COc1ccc(C(=O)C2CC3COCC(C2)N3Cc2ccccc2)cc1F. The fourth-order valence-electron chi connectivity index (χ4n) is 4.31. The summed E-state index contributed by atoms with van der Waals surface area (Å²) in [5, 5.41) is 0. The quantitative estimate of drug-likeness (QED) is 0.754. The molecule has 2 saturated heterocycles. The van der Waals surface area contributed by atoms with E-state index in [0.29, 0.717) is 18.8 Å². The highest BCUT2D eigenvalue weighted by Gasteiger charge is 2.41. The van der Waals surface area contributed by atoms with Crippen LogP contribution >= 0.6 is 0 Å². The van der Waals surface area contributed by atoms with E-state index in [4.69, 9.17) is 9.47 Å². The number of carbonyl (C=O) groups excluding carboxylic acids is 1. The second-order valence-electron chi connectivity index (χ2n) is 7.38. The van der Waals surface area contributed by atoms with E-state index < -0.39 is 5.82 Å². The summed E-state index contributed by atoms with van der Waals surface area (Å²) in [6, 6.07) is 15.3. The normalized spacial score (nSPS) is 25.2. The van der Waals surface area contributed by atoms with Gasteiger partial charge in [-0.2, -0.15) is 0 Å². The number of fused-ring (bicyclic) bond motifs is 2. The second-order valence-corrected chi connectivity index (χ2v) is 7.38. The van der Waals surface area contributed by atoms with Gasteiger partial charge in [0.2, 0.25) is 0 Å². The number of hydrogen-bond acceptors (Lipinski definition) is 4. The van der Waals surface area contributed by atoms with Gasteiger partial charge in [0.25, 0.3) is 0 Å². The number of morpholine rings is 1. The molecule has 2 atom stereocenters. The number of ether oxygens (including phenoxy) is 2. The number of benzene rings is 2. The van der Waals surface area contributed by atoms with Gasteiger partial charge in [-0.3, -0.25) is 9.69 Å². The average Bonchev–Trinajstić information content (AvgIpc) is 2.68. The molecule has 0 amide bonds. The fraction of sp³-hybridized carbons (Fsp3) is 0.409. The van der Waals surface area contributed by atoms with Crippen LogP contribution in [-0.2, 0) is 11.3 Å². The van der Waals surface area contributed by atoms with E-state index in [-0.39, 0.29) is 29.5 Å². The summed E-state index contributed by atoms with van der Waals surface area (Å²) in [4.78, 5) is 15.5. The molecule has 0 radical (unpaired) electrons. The maximum absolute atomic E-state index is 14.0. The first-order valence-electron chi connectivity index (χ1n) is 9.41. The summed E-state index contributed by atoms with van der Waals surface area (Å²) in [6.45, 7) is 2.16. The summed E-state index contributed by atoms with van der Waals surface area (Å²) in [6.07, 6.45) is 1.49. The van der Waals surface area contributed by atoms with Gasteiger partial charge in [-0.05, 0) is 36.6 Å². The Morgan fingerprint density at radius 2 is 1.85 bits per heavy atom. The van der Waals surface area contributed by atoms with Crippen molar-refractivity contribution in [1.82, 2.24) is 4.90 Å². The molecule has 0 aliphatic carbocycles. The predicted octanol–water partition coefficient (Wildman–Crippen LogP) is 3.70. The number of piperidine rings is 1. The predicted molar refractivity (Wildman–Crippen MR) is 100 cm³/mol. The molecular weight excluding hydrogens is 345 g/mol. The zero-order valence-corrected chi connectivity index (χ0v) is 15.4. The van der Waals surface area contributed by atoms with E-state index in [1.54, 1.807) is 6.07 Å². The molecule has 4 rings (SSSR count). The molecule has 2 aliphatic rings. The Morgan fingerprint density at radius 1 is 1.15 bits per heavy atom. The molecule has 2 aromatic carbocycles. The molecule has 0 spiro atoms. The number of carbonyl (C=O) groups is 1. The monoisotopic (exact) mass is 369 g/mol. The number of hydrogen-bond donors (Lipinski definition) is 0. The molecule has 0 saturated carbocycles. The van der Waals surface area contributed by atoms with Crippen LogP contribution in [0.5, 0.6) is 5.75 Å². The van der Waals surface area contributed by atoms with Crippen molar-refractivity contribution >= 4 is 5.78 Å². The zero-order chi connectivity index (χ0) is 18.8. The van der Waals surface area contributed by atoms with Gasteiger partial charge in [0, 0.05) is 30.1 Å². The second kappa shape index (κ2) is 7.79. The highest BCUT2D eigenvalue weighted by atomic mass is 19.1. The molecule has 4 nitrogen and oxygen atoms in total. The highest BCUT2D eigenvalue weighted by molar-refractivity contribution is 5.98. The molecule has 2 aliphatic heterocycles. The number of ketones is 1. The minimum atomic E-state index is -0.492. The number of Topliss-reactive ketones (excluding diaryl/α,β-unsaturated/α-hetero) is 1. The topological polar surface area (TPSA) is 38.8 Å². The van der Waals surface area contributed by atoms with E-state index in [0.717, 1.165) is 19.4 Å². The summed E-state index contributed by atoms with van der Waals surface area (Å²) >= 11 is 0. The van der Waals surface area contributed by atoms with Gasteiger partial charge in [-0.15, -0.1) is 0 Å². The summed E-state index contributed by atoms with van der Waals surface area (Å²) < 4.78 is 24.7. The van der Waals surface area contributed by atoms with Crippen molar-refractivity contribution in [3.8, 4) is 5.75 Å². The van der Waals surface area contributed by atoms with Gasteiger partial charge in [-0.1, -0.05) is 30.3 Å². The number of methoxy groups -OCH3 is 1. The molecule has 27 heavy (non-hydrogen) atoms. The average molecular weight is 369 g/mol. The third kappa shape index (κ3) is 3.75. The van der Waals surface area contributed by atoms with E-state index in [2.05, 4.69) is 29.2 Å². The Hall–Kier alpha value is -2.24. The Morgan fingerprint density at radius 3 is 2.48 bits per heavy atom. The lowest BCUT2D eigenvalue weighted by molar-refractivity contribution is -0.0872. The number of rotatable bonds is 5. The molecule has 142 valence electrons. The first kappa shape index (κ1) is 18.1. The van der Waals surface area contributed by atoms with Crippen LogP contribution in [0.2, 0.25) is 0 Å². The lowest BCUT2D eigenvalue weighted by Crippen LogP contribution is -2.57. The Kier molecular flexibility index (Phi) is 5.23. The Bertz CT molecular complexity index is 796. The van der Waals surface area contributed by atoms with Crippen LogP contribution in [-0.4, -0.2) is 43.1 Å². The minimum Gasteiger partial charge on any atom is -0.494 e. The molecule has 0 aromatic heterocycles. The molecule has 5 heteroatoms. The number of nitrogens with zero attached hydrogens (tertiary/aromatic N) is 1. The highest BCUT2D eigenvalue weighted by Crippen LogP contribution is 2.35. The van der Waals surface area contributed by atoms with Crippen LogP contribution in [0.25, 0.3) is 0 Å². The van der Waals surface area contributed by atoms with Gasteiger partial charge in [0.1, 0.15) is 0 Å². The molecule has 2 aromatic rings. The molecule has 2 unspecified atom stereocenters. The summed E-state index contributed by atoms with van der Waals surface area (Å²) in [7, 11) is 1.42. The first-order chi connectivity index (χ1) is 13.2. The van der Waals surface area contributed by atoms with E-state index in [1.165, 1.54) is 24.8 Å². The van der Waals surface area contributed by atoms with Crippen LogP contribution in [0.15, 0.2) is 48.5 Å². The Labute approximate surface area is 158 Å². The van der Waals surface area contributed by atoms with Crippen LogP contribution in [0, 0.1) is 11.7 Å². The van der Waals surface area contributed by atoms with E-state index in [9.17, 15) is 9.18 Å². The Balaban J connectivity index is 1.49. The van der Waals surface area contributed by atoms with Crippen molar-refractivity contribution in [2.45, 2.75) is 31.5 Å². The van der Waals surface area contributed by atoms with Crippen molar-refractivity contribution < 1.29 is 18.7 Å². The van der Waals surface area contributed by atoms with Crippen molar-refractivity contribution in [1.29, 1.82) is 0 Å². The van der Waals surface area contributed by atoms with Crippen LogP contribution in [0.4, 0.5) is 4.39 Å². The van der Waals surface area contributed by atoms with Crippen molar-refractivity contribution in [2.75, 3.05) is 20.3 Å². The third-order valence-corrected chi connectivity index (χ3v) is 5.69. The van der Waals surface area contributed by atoms with Crippen LogP contribution < -0.4 is 4.74 Å².